The van der Waals surface area contributed by atoms with Gasteiger partial charge in [0.15, 0.2) is 0 Å². The Morgan fingerprint density at radius 1 is 1.08 bits per heavy atom. The van der Waals surface area contributed by atoms with E-state index in [1.54, 1.807) is 4.90 Å². The fourth-order valence-electron chi connectivity index (χ4n) is 3.30. The predicted octanol–water partition coefficient (Wildman–Crippen LogP) is 4.67. The zero-order chi connectivity index (χ0) is 19.0. The van der Waals surface area contributed by atoms with E-state index in [2.05, 4.69) is 21.2 Å². The van der Waals surface area contributed by atoms with Gasteiger partial charge >= 0.3 is 0 Å². The van der Waals surface area contributed by atoms with Crippen molar-refractivity contribution in [3.8, 4) is 0 Å². The molecule has 1 atom stereocenters. The van der Waals surface area contributed by atoms with Gasteiger partial charge in [-0.25, -0.2) is 0 Å². The number of nitrogens with one attached hydrogen (secondary N) is 1. The van der Waals surface area contributed by atoms with Crippen LogP contribution >= 0.6 is 15.9 Å². The second kappa shape index (κ2) is 7.23. The number of carbonyl (C=O) groups is 2. The maximum atomic E-state index is 12.7. The van der Waals surface area contributed by atoms with E-state index in [0.29, 0.717) is 6.54 Å². The maximum Gasteiger partial charge on any atom is 0.229 e. The highest BCUT2D eigenvalue weighted by Crippen LogP contribution is 2.31. The molecule has 0 unspecified atom stereocenters. The standard InChI is InChI=1S/C21H23BrN2O2/c1-12-6-5-7-19(13(12)2)24-11-16(10-20(24)25)21(26)23-18-9-8-17(22)14(3)15(18)4/h5-9,16H,10-11H2,1-4H3,(H,23,26)/t16-/m0/s1. The third-order valence-corrected chi connectivity index (χ3v) is 6.20. The summed E-state index contributed by atoms with van der Waals surface area (Å²) in [5.41, 5.74) is 6.06. The van der Waals surface area contributed by atoms with Crippen LogP contribution in [0.1, 0.15) is 28.7 Å². The van der Waals surface area contributed by atoms with E-state index in [9.17, 15) is 9.59 Å². The molecule has 1 aliphatic heterocycles. The first-order chi connectivity index (χ1) is 12.3. The number of carbonyl (C=O) groups excluding carboxylic acids is 2. The molecule has 3 rings (SSSR count). The third-order valence-electron chi connectivity index (χ3n) is 5.34. The molecule has 1 heterocycles. The van der Waals surface area contributed by atoms with Gasteiger partial charge in [-0.15, -0.1) is 0 Å². The van der Waals surface area contributed by atoms with E-state index in [4.69, 9.17) is 0 Å². The molecule has 0 aromatic heterocycles. The van der Waals surface area contributed by atoms with Crippen LogP contribution in [-0.4, -0.2) is 18.4 Å². The van der Waals surface area contributed by atoms with Crippen LogP contribution < -0.4 is 10.2 Å². The van der Waals surface area contributed by atoms with Gasteiger partial charge in [0.25, 0.3) is 0 Å². The average molecular weight is 415 g/mol. The molecular formula is C21H23BrN2O2. The minimum Gasteiger partial charge on any atom is -0.326 e. The van der Waals surface area contributed by atoms with Gasteiger partial charge in [-0.05, 0) is 68.1 Å². The van der Waals surface area contributed by atoms with Crippen molar-refractivity contribution in [1.82, 2.24) is 0 Å². The molecule has 136 valence electrons. The Morgan fingerprint density at radius 2 is 1.81 bits per heavy atom. The molecule has 0 radical (unpaired) electrons. The summed E-state index contributed by atoms with van der Waals surface area (Å²) in [6.07, 6.45) is 0.244. The molecule has 5 heteroatoms. The Bertz CT molecular complexity index is 892. The first kappa shape index (κ1) is 18.6. The smallest absolute Gasteiger partial charge is 0.229 e. The normalized spacial score (nSPS) is 16.9. The summed E-state index contributed by atoms with van der Waals surface area (Å²) in [5.74, 6) is -0.440. The summed E-state index contributed by atoms with van der Waals surface area (Å²) in [6, 6.07) is 9.75. The lowest BCUT2D eigenvalue weighted by molar-refractivity contribution is -0.122. The van der Waals surface area contributed by atoms with Gasteiger partial charge in [-0.2, -0.15) is 0 Å². The van der Waals surface area contributed by atoms with Gasteiger partial charge in [-0.1, -0.05) is 28.1 Å². The number of anilines is 2. The predicted molar refractivity (Wildman–Crippen MR) is 109 cm³/mol. The van der Waals surface area contributed by atoms with E-state index >= 15 is 0 Å². The molecule has 0 spiro atoms. The average Bonchev–Trinajstić information content (AvgIpc) is 2.99. The second-order valence-corrected chi connectivity index (χ2v) is 7.81. The van der Waals surface area contributed by atoms with Crippen molar-refractivity contribution in [2.75, 3.05) is 16.8 Å². The number of amides is 2. The van der Waals surface area contributed by atoms with Crippen molar-refractivity contribution in [1.29, 1.82) is 0 Å². The van der Waals surface area contributed by atoms with Gasteiger partial charge in [-0.3, -0.25) is 9.59 Å². The molecule has 0 bridgehead atoms. The minimum atomic E-state index is -0.342. The van der Waals surface area contributed by atoms with E-state index in [1.165, 1.54) is 0 Å². The Labute approximate surface area is 162 Å². The number of hydrogen-bond acceptors (Lipinski definition) is 2. The molecule has 2 amide bonds. The van der Waals surface area contributed by atoms with Crippen molar-refractivity contribution < 1.29 is 9.59 Å². The van der Waals surface area contributed by atoms with Crippen LogP contribution in [0.4, 0.5) is 11.4 Å². The van der Waals surface area contributed by atoms with Gasteiger partial charge in [0.05, 0.1) is 5.92 Å². The Balaban J connectivity index is 1.77. The van der Waals surface area contributed by atoms with Gasteiger partial charge in [0.1, 0.15) is 0 Å². The monoisotopic (exact) mass is 414 g/mol. The Kier molecular flexibility index (Phi) is 5.19. The molecule has 1 fully saturated rings. The molecule has 0 saturated carbocycles. The van der Waals surface area contributed by atoms with E-state index < -0.39 is 0 Å². The number of nitrogens with zero attached hydrogens (tertiary/aromatic N) is 1. The lowest BCUT2D eigenvalue weighted by Gasteiger charge is -2.20. The van der Waals surface area contributed by atoms with Crippen LogP contribution in [0.2, 0.25) is 0 Å². The molecule has 2 aromatic carbocycles. The fraction of sp³-hybridized carbons (Fsp3) is 0.333. The van der Waals surface area contributed by atoms with E-state index in [1.807, 2.05) is 58.0 Å². The first-order valence-corrected chi connectivity index (χ1v) is 9.52. The Hall–Kier alpha value is -2.14. The molecule has 0 aliphatic carbocycles. The molecular weight excluding hydrogens is 392 g/mol. The van der Waals surface area contributed by atoms with Crippen molar-refractivity contribution >= 4 is 39.1 Å². The summed E-state index contributed by atoms with van der Waals surface area (Å²) in [6.45, 7) is 8.46. The highest BCUT2D eigenvalue weighted by molar-refractivity contribution is 9.10. The largest absolute Gasteiger partial charge is 0.326 e. The highest BCUT2D eigenvalue weighted by atomic mass is 79.9. The zero-order valence-corrected chi connectivity index (χ0v) is 17.1. The summed E-state index contributed by atoms with van der Waals surface area (Å²) in [7, 11) is 0. The maximum absolute atomic E-state index is 12.7. The van der Waals surface area contributed by atoms with Crippen LogP contribution in [0.5, 0.6) is 0 Å². The minimum absolute atomic E-state index is 0.00237. The van der Waals surface area contributed by atoms with Crippen LogP contribution in [-0.2, 0) is 9.59 Å². The van der Waals surface area contributed by atoms with E-state index in [-0.39, 0.29) is 24.2 Å². The molecule has 2 aromatic rings. The molecule has 1 aliphatic rings. The van der Waals surface area contributed by atoms with Crippen molar-refractivity contribution in [3.63, 3.8) is 0 Å². The van der Waals surface area contributed by atoms with Crippen LogP contribution in [0.25, 0.3) is 0 Å². The van der Waals surface area contributed by atoms with Crippen LogP contribution in [0.3, 0.4) is 0 Å². The van der Waals surface area contributed by atoms with Crippen LogP contribution in [0, 0.1) is 33.6 Å². The van der Waals surface area contributed by atoms with Gasteiger partial charge < -0.3 is 10.2 Å². The van der Waals surface area contributed by atoms with Crippen molar-refractivity contribution in [2.24, 2.45) is 5.92 Å². The molecule has 1 saturated heterocycles. The Morgan fingerprint density at radius 3 is 2.54 bits per heavy atom. The first-order valence-electron chi connectivity index (χ1n) is 8.72. The topological polar surface area (TPSA) is 49.4 Å². The SMILES string of the molecule is Cc1cccc(N2C[C@@H](C(=O)Nc3ccc(Br)c(C)c3C)CC2=O)c1C. The third kappa shape index (κ3) is 3.40. The molecule has 26 heavy (non-hydrogen) atoms. The number of aryl methyl sites for hydroxylation is 1. The zero-order valence-electron chi connectivity index (χ0n) is 15.5. The van der Waals surface area contributed by atoms with Crippen LogP contribution in [0.15, 0.2) is 34.8 Å². The summed E-state index contributed by atoms with van der Waals surface area (Å²) >= 11 is 3.50. The molecule has 4 nitrogen and oxygen atoms in total. The number of hydrogen-bond donors (Lipinski definition) is 1. The summed E-state index contributed by atoms with van der Waals surface area (Å²) in [4.78, 5) is 27.0. The number of halogens is 1. The lowest BCUT2D eigenvalue weighted by atomic mass is 10.1. The number of rotatable bonds is 3. The summed E-state index contributed by atoms with van der Waals surface area (Å²) in [5, 5.41) is 3.00. The highest BCUT2D eigenvalue weighted by Gasteiger charge is 2.36. The van der Waals surface area contributed by atoms with Gasteiger partial charge in [0, 0.05) is 28.8 Å². The second-order valence-electron chi connectivity index (χ2n) is 6.96. The lowest BCUT2D eigenvalue weighted by Crippen LogP contribution is -2.28. The molecule has 1 N–H and O–H groups in total. The summed E-state index contributed by atoms with van der Waals surface area (Å²) < 4.78 is 1.02. The fourth-order valence-corrected chi connectivity index (χ4v) is 3.73. The van der Waals surface area contributed by atoms with Gasteiger partial charge in [0.2, 0.25) is 11.8 Å². The van der Waals surface area contributed by atoms with Crippen molar-refractivity contribution in [3.05, 3.63) is 57.1 Å². The number of benzene rings is 2. The van der Waals surface area contributed by atoms with Crippen molar-refractivity contribution in [2.45, 2.75) is 34.1 Å². The quantitative estimate of drug-likeness (QED) is 0.792. The van der Waals surface area contributed by atoms with E-state index in [0.717, 1.165) is 38.1 Å².